The predicted octanol–water partition coefficient (Wildman–Crippen LogP) is 2.76. The smallest absolute Gasteiger partial charge is 0.322 e. The Kier molecular flexibility index (Phi) is 5.58. The van der Waals surface area contributed by atoms with Crippen molar-refractivity contribution in [2.75, 3.05) is 20.3 Å². The number of ether oxygens (including phenoxy) is 2. The number of methoxy groups -OCH3 is 1. The number of fused-ring (bicyclic) bond motifs is 1. The quantitative estimate of drug-likeness (QED) is 0.795. The molecule has 2 rings (SSSR count). The highest BCUT2D eigenvalue weighted by Crippen LogP contribution is 2.25. The molecule has 112 valence electrons. The van der Waals surface area contributed by atoms with Gasteiger partial charge in [-0.25, -0.2) is 0 Å². The number of esters is 1. The highest BCUT2D eigenvalue weighted by atomic mass is 16.5. The van der Waals surface area contributed by atoms with Gasteiger partial charge in [0.2, 0.25) is 0 Å². The molecule has 1 atom stereocenters. The number of rotatable bonds is 7. The summed E-state index contributed by atoms with van der Waals surface area (Å²) in [4.78, 5) is 11.6. The van der Waals surface area contributed by atoms with Gasteiger partial charge in [-0.3, -0.25) is 4.79 Å². The molecule has 0 aliphatic carbocycles. The molecule has 0 aliphatic rings. The maximum Gasteiger partial charge on any atom is 0.322 e. The van der Waals surface area contributed by atoms with Crippen LogP contribution >= 0.6 is 0 Å². The second-order valence-electron chi connectivity index (χ2n) is 4.75. The first-order valence-electron chi connectivity index (χ1n) is 7.18. The number of carbonyl (C=O) groups excluding carboxylic acids is 1. The number of hydrogen-bond donors (Lipinski definition) is 1. The molecule has 2 aromatic rings. The van der Waals surface area contributed by atoms with Gasteiger partial charge in [-0.1, -0.05) is 43.3 Å². The fraction of sp³-hybridized carbons (Fsp3) is 0.353. The zero-order valence-corrected chi connectivity index (χ0v) is 12.5. The van der Waals surface area contributed by atoms with Crippen LogP contribution in [0.15, 0.2) is 42.5 Å². The minimum Gasteiger partial charge on any atom is -0.493 e. The van der Waals surface area contributed by atoms with Crippen molar-refractivity contribution < 1.29 is 14.3 Å². The zero-order valence-electron chi connectivity index (χ0n) is 12.5. The number of carbonyl (C=O) groups is 1. The third-order valence-corrected chi connectivity index (χ3v) is 3.35. The van der Waals surface area contributed by atoms with Crippen molar-refractivity contribution >= 4 is 16.7 Å². The third-order valence-electron chi connectivity index (χ3n) is 3.35. The molecule has 2 aromatic carbocycles. The van der Waals surface area contributed by atoms with Crippen molar-refractivity contribution in [2.24, 2.45) is 0 Å². The lowest BCUT2D eigenvalue weighted by Crippen LogP contribution is -2.38. The van der Waals surface area contributed by atoms with Crippen LogP contribution in [0.4, 0.5) is 0 Å². The number of likely N-dealkylation sites (N-methyl/N-ethyl adjacent to an activating group) is 1. The summed E-state index contributed by atoms with van der Waals surface area (Å²) in [6.07, 6.45) is 0.573. The summed E-state index contributed by atoms with van der Waals surface area (Å²) in [6, 6.07) is 13.7. The SMILES string of the molecule is CCNC(CCOc1cccc2ccccc12)C(=O)OC. The Hall–Kier alpha value is -2.07. The molecule has 21 heavy (non-hydrogen) atoms. The van der Waals surface area contributed by atoms with Crippen molar-refractivity contribution in [1.82, 2.24) is 5.32 Å². The van der Waals surface area contributed by atoms with E-state index in [1.54, 1.807) is 0 Å². The summed E-state index contributed by atoms with van der Waals surface area (Å²) in [7, 11) is 1.40. The van der Waals surface area contributed by atoms with Crippen molar-refractivity contribution in [1.29, 1.82) is 0 Å². The van der Waals surface area contributed by atoms with Gasteiger partial charge in [0, 0.05) is 11.8 Å². The Labute approximate surface area is 125 Å². The lowest BCUT2D eigenvalue weighted by Gasteiger charge is -2.16. The highest BCUT2D eigenvalue weighted by Gasteiger charge is 2.17. The van der Waals surface area contributed by atoms with Crippen LogP contribution in [0.2, 0.25) is 0 Å². The van der Waals surface area contributed by atoms with Crippen LogP contribution in [0, 0.1) is 0 Å². The monoisotopic (exact) mass is 287 g/mol. The molecule has 0 saturated carbocycles. The van der Waals surface area contributed by atoms with Gasteiger partial charge in [0.15, 0.2) is 0 Å². The molecule has 0 spiro atoms. The minimum absolute atomic E-state index is 0.252. The van der Waals surface area contributed by atoms with Gasteiger partial charge in [-0.05, 0) is 18.0 Å². The average molecular weight is 287 g/mol. The maximum atomic E-state index is 11.6. The normalized spacial score (nSPS) is 12.1. The Morgan fingerprint density at radius 1 is 1.19 bits per heavy atom. The summed E-state index contributed by atoms with van der Waals surface area (Å²) in [6.45, 7) is 3.14. The van der Waals surface area contributed by atoms with Crippen LogP contribution in [0.25, 0.3) is 10.8 Å². The summed E-state index contributed by atoms with van der Waals surface area (Å²) >= 11 is 0. The highest BCUT2D eigenvalue weighted by molar-refractivity contribution is 5.88. The fourth-order valence-corrected chi connectivity index (χ4v) is 2.30. The van der Waals surface area contributed by atoms with E-state index in [1.165, 1.54) is 7.11 Å². The standard InChI is InChI=1S/C17H21NO3/c1-3-18-15(17(19)20-2)11-12-21-16-10-6-8-13-7-4-5-9-14(13)16/h4-10,15,18H,3,11-12H2,1-2H3. The molecule has 4 nitrogen and oxygen atoms in total. The van der Waals surface area contributed by atoms with Crippen molar-refractivity contribution in [3.63, 3.8) is 0 Å². The lowest BCUT2D eigenvalue weighted by atomic mass is 10.1. The molecular formula is C17H21NO3. The molecule has 0 aromatic heterocycles. The van der Waals surface area contributed by atoms with Crippen LogP contribution in [-0.4, -0.2) is 32.3 Å². The Morgan fingerprint density at radius 2 is 1.95 bits per heavy atom. The third kappa shape index (κ3) is 3.95. The van der Waals surface area contributed by atoms with E-state index in [-0.39, 0.29) is 12.0 Å². The fourth-order valence-electron chi connectivity index (χ4n) is 2.30. The van der Waals surface area contributed by atoms with Crippen LogP contribution in [-0.2, 0) is 9.53 Å². The van der Waals surface area contributed by atoms with Gasteiger partial charge < -0.3 is 14.8 Å². The number of nitrogens with one attached hydrogen (secondary N) is 1. The van der Waals surface area contributed by atoms with Crippen molar-refractivity contribution in [3.05, 3.63) is 42.5 Å². The van der Waals surface area contributed by atoms with E-state index in [9.17, 15) is 4.79 Å². The van der Waals surface area contributed by atoms with Crippen LogP contribution < -0.4 is 10.1 Å². The minimum atomic E-state index is -0.324. The van der Waals surface area contributed by atoms with E-state index in [2.05, 4.69) is 17.4 Å². The van der Waals surface area contributed by atoms with Crippen molar-refractivity contribution in [2.45, 2.75) is 19.4 Å². The molecule has 0 fully saturated rings. The van der Waals surface area contributed by atoms with Crippen molar-refractivity contribution in [3.8, 4) is 5.75 Å². The van der Waals surface area contributed by atoms with Crippen LogP contribution in [0.1, 0.15) is 13.3 Å². The van der Waals surface area contributed by atoms with Gasteiger partial charge in [0.1, 0.15) is 11.8 Å². The molecule has 1 unspecified atom stereocenters. The van der Waals surface area contributed by atoms with E-state index in [4.69, 9.17) is 9.47 Å². The molecule has 1 N–H and O–H groups in total. The van der Waals surface area contributed by atoms with E-state index < -0.39 is 0 Å². The van der Waals surface area contributed by atoms with E-state index >= 15 is 0 Å². The van der Waals surface area contributed by atoms with Gasteiger partial charge in [-0.2, -0.15) is 0 Å². The average Bonchev–Trinajstić information content (AvgIpc) is 2.53. The lowest BCUT2D eigenvalue weighted by molar-refractivity contribution is -0.143. The Balaban J connectivity index is 1.99. The number of hydrogen-bond acceptors (Lipinski definition) is 4. The first-order chi connectivity index (χ1) is 10.3. The van der Waals surface area contributed by atoms with E-state index in [0.717, 1.165) is 16.5 Å². The summed E-state index contributed by atoms with van der Waals surface area (Å²) in [5, 5.41) is 5.33. The van der Waals surface area contributed by atoms with Gasteiger partial charge in [-0.15, -0.1) is 0 Å². The molecular weight excluding hydrogens is 266 g/mol. The Morgan fingerprint density at radius 3 is 2.71 bits per heavy atom. The molecule has 0 saturated heterocycles. The molecule has 0 radical (unpaired) electrons. The van der Waals surface area contributed by atoms with Gasteiger partial charge >= 0.3 is 5.97 Å². The molecule has 0 aliphatic heterocycles. The molecule has 0 amide bonds. The first-order valence-corrected chi connectivity index (χ1v) is 7.18. The van der Waals surface area contributed by atoms with Crippen LogP contribution in [0.5, 0.6) is 5.75 Å². The summed E-state index contributed by atoms with van der Waals surface area (Å²) < 4.78 is 10.6. The predicted molar refractivity (Wildman–Crippen MR) is 83.5 cm³/mol. The van der Waals surface area contributed by atoms with E-state index in [1.807, 2.05) is 37.3 Å². The Bertz CT molecular complexity index is 592. The summed E-state index contributed by atoms with van der Waals surface area (Å²) in [5.41, 5.74) is 0. The zero-order chi connectivity index (χ0) is 15.1. The maximum absolute atomic E-state index is 11.6. The number of benzene rings is 2. The second-order valence-corrected chi connectivity index (χ2v) is 4.75. The first kappa shape index (κ1) is 15.3. The topological polar surface area (TPSA) is 47.6 Å². The van der Waals surface area contributed by atoms with Gasteiger partial charge in [0.25, 0.3) is 0 Å². The molecule has 0 bridgehead atoms. The summed E-state index contributed by atoms with van der Waals surface area (Å²) in [5.74, 6) is 0.589. The van der Waals surface area contributed by atoms with E-state index in [0.29, 0.717) is 19.6 Å². The molecule has 0 heterocycles. The second kappa shape index (κ2) is 7.64. The van der Waals surface area contributed by atoms with Crippen LogP contribution in [0.3, 0.4) is 0 Å². The largest absolute Gasteiger partial charge is 0.493 e. The van der Waals surface area contributed by atoms with Gasteiger partial charge in [0.05, 0.1) is 13.7 Å². The molecule has 4 heteroatoms.